The van der Waals surface area contributed by atoms with Crippen molar-refractivity contribution in [3.05, 3.63) is 78.4 Å². The first kappa shape index (κ1) is 15.9. The number of aromatic nitrogens is 3. The molecular weight excluding hydrogens is 308 g/mol. The van der Waals surface area contributed by atoms with Gasteiger partial charge in [0.1, 0.15) is 0 Å². The highest BCUT2D eigenvalue weighted by Crippen LogP contribution is 2.27. The molecule has 126 valence electrons. The lowest BCUT2D eigenvalue weighted by molar-refractivity contribution is 0.198. The van der Waals surface area contributed by atoms with Gasteiger partial charge in [-0.25, -0.2) is 9.97 Å². The molecule has 3 aromatic rings. The molecule has 4 rings (SSSR count). The topological polar surface area (TPSA) is 41.9 Å². The molecule has 0 radical (unpaired) electrons. The van der Waals surface area contributed by atoms with Gasteiger partial charge >= 0.3 is 0 Å². The van der Waals surface area contributed by atoms with E-state index in [4.69, 9.17) is 4.98 Å². The van der Waals surface area contributed by atoms with Crippen LogP contribution in [0.2, 0.25) is 0 Å². The molecule has 0 saturated carbocycles. The second kappa shape index (κ2) is 7.53. The van der Waals surface area contributed by atoms with Crippen LogP contribution in [-0.2, 0) is 6.54 Å². The Hall–Kier alpha value is -2.59. The lowest BCUT2D eigenvalue weighted by Gasteiger charge is -2.32. The third-order valence-corrected chi connectivity index (χ3v) is 4.81. The summed E-state index contributed by atoms with van der Waals surface area (Å²) in [4.78, 5) is 15.7. The lowest BCUT2D eigenvalue weighted by Crippen LogP contribution is -2.34. The average molecular weight is 330 g/mol. The zero-order chi connectivity index (χ0) is 16.9. The molecule has 1 aliphatic rings. The number of likely N-dealkylation sites (tertiary alicyclic amines) is 1. The summed E-state index contributed by atoms with van der Waals surface area (Å²) in [6, 6.07) is 16.8. The third kappa shape index (κ3) is 3.91. The maximum Gasteiger partial charge on any atom is 0.159 e. The van der Waals surface area contributed by atoms with E-state index in [1.807, 2.05) is 24.4 Å². The summed E-state index contributed by atoms with van der Waals surface area (Å²) in [5, 5.41) is 0. The summed E-state index contributed by atoms with van der Waals surface area (Å²) in [5.41, 5.74) is 3.54. The molecule has 1 saturated heterocycles. The Morgan fingerprint density at radius 3 is 2.64 bits per heavy atom. The van der Waals surface area contributed by atoms with Gasteiger partial charge < -0.3 is 0 Å². The van der Waals surface area contributed by atoms with Gasteiger partial charge in [0.15, 0.2) is 5.82 Å². The van der Waals surface area contributed by atoms with Crippen molar-refractivity contribution in [1.82, 2.24) is 19.9 Å². The summed E-state index contributed by atoms with van der Waals surface area (Å²) >= 11 is 0. The Balaban J connectivity index is 1.47. The van der Waals surface area contributed by atoms with Gasteiger partial charge in [0, 0.05) is 37.2 Å². The summed E-state index contributed by atoms with van der Waals surface area (Å²) in [6.45, 7) is 3.11. The van der Waals surface area contributed by atoms with Crippen LogP contribution in [0.4, 0.5) is 0 Å². The van der Waals surface area contributed by atoms with E-state index in [0.29, 0.717) is 5.92 Å². The normalized spacial score (nSPS) is 18.2. The molecule has 1 fully saturated rings. The minimum atomic E-state index is 0.622. The predicted octanol–water partition coefficient (Wildman–Crippen LogP) is 3.92. The highest BCUT2D eigenvalue weighted by molar-refractivity contribution is 5.53. The van der Waals surface area contributed by atoms with Crippen molar-refractivity contribution >= 4 is 0 Å². The SMILES string of the molecule is c1ccc(C2CCCN(Cc3ccnc(-c4ccncc4)n3)C2)cc1. The van der Waals surface area contributed by atoms with Gasteiger partial charge in [-0.3, -0.25) is 9.88 Å². The first-order chi connectivity index (χ1) is 12.4. The first-order valence-corrected chi connectivity index (χ1v) is 8.88. The third-order valence-electron chi connectivity index (χ3n) is 4.81. The molecule has 1 unspecified atom stereocenters. The van der Waals surface area contributed by atoms with Gasteiger partial charge in [0.25, 0.3) is 0 Å². The van der Waals surface area contributed by atoms with Gasteiger partial charge in [-0.15, -0.1) is 0 Å². The molecule has 25 heavy (non-hydrogen) atoms. The number of rotatable bonds is 4. The monoisotopic (exact) mass is 330 g/mol. The van der Waals surface area contributed by atoms with Crippen molar-refractivity contribution in [2.45, 2.75) is 25.3 Å². The van der Waals surface area contributed by atoms with E-state index in [9.17, 15) is 0 Å². The van der Waals surface area contributed by atoms with Crippen molar-refractivity contribution in [2.24, 2.45) is 0 Å². The summed E-state index contributed by atoms with van der Waals surface area (Å²) in [5.74, 6) is 1.40. The second-order valence-corrected chi connectivity index (χ2v) is 6.59. The molecule has 2 aromatic heterocycles. The Morgan fingerprint density at radius 2 is 1.80 bits per heavy atom. The summed E-state index contributed by atoms with van der Waals surface area (Å²) in [6.07, 6.45) is 7.92. The molecule has 1 aliphatic heterocycles. The van der Waals surface area contributed by atoms with E-state index >= 15 is 0 Å². The number of pyridine rings is 1. The number of benzene rings is 1. The quantitative estimate of drug-likeness (QED) is 0.727. The van der Waals surface area contributed by atoms with Crippen molar-refractivity contribution in [3.8, 4) is 11.4 Å². The van der Waals surface area contributed by atoms with Crippen molar-refractivity contribution in [1.29, 1.82) is 0 Å². The minimum absolute atomic E-state index is 0.622. The standard InChI is InChI=1S/C21H22N4/c1-2-5-17(6-3-1)19-7-4-14-25(15-19)16-20-10-13-23-21(24-20)18-8-11-22-12-9-18/h1-3,5-6,8-13,19H,4,7,14-16H2. The van der Waals surface area contributed by atoms with E-state index in [2.05, 4.69) is 45.2 Å². The molecular formula is C21H22N4. The van der Waals surface area contributed by atoms with Gasteiger partial charge in [0.05, 0.1) is 5.69 Å². The van der Waals surface area contributed by atoms with Gasteiger partial charge in [-0.1, -0.05) is 30.3 Å². The zero-order valence-electron chi connectivity index (χ0n) is 14.3. The van der Waals surface area contributed by atoms with E-state index in [1.165, 1.54) is 18.4 Å². The molecule has 0 amide bonds. The van der Waals surface area contributed by atoms with Gasteiger partial charge in [-0.05, 0) is 49.1 Å². The smallest absolute Gasteiger partial charge is 0.159 e. The summed E-state index contributed by atoms with van der Waals surface area (Å²) < 4.78 is 0. The Bertz CT molecular complexity index is 804. The second-order valence-electron chi connectivity index (χ2n) is 6.59. The van der Waals surface area contributed by atoms with Gasteiger partial charge in [-0.2, -0.15) is 0 Å². The molecule has 3 heterocycles. The van der Waals surface area contributed by atoms with Crippen LogP contribution < -0.4 is 0 Å². The molecule has 0 spiro atoms. The fourth-order valence-corrected chi connectivity index (χ4v) is 3.55. The number of hydrogen-bond donors (Lipinski definition) is 0. The number of nitrogens with zero attached hydrogens (tertiary/aromatic N) is 4. The van der Waals surface area contributed by atoms with Crippen LogP contribution in [0.25, 0.3) is 11.4 Å². The fraction of sp³-hybridized carbons (Fsp3) is 0.286. The summed E-state index contributed by atoms with van der Waals surface area (Å²) in [7, 11) is 0. The maximum atomic E-state index is 4.75. The molecule has 0 bridgehead atoms. The van der Waals surface area contributed by atoms with E-state index in [0.717, 1.165) is 36.7 Å². The molecule has 4 heteroatoms. The lowest BCUT2D eigenvalue weighted by atomic mass is 9.90. The van der Waals surface area contributed by atoms with Crippen LogP contribution in [0.1, 0.15) is 30.0 Å². The first-order valence-electron chi connectivity index (χ1n) is 8.88. The molecule has 1 aromatic carbocycles. The molecule has 1 atom stereocenters. The minimum Gasteiger partial charge on any atom is -0.297 e. The zero-order valence-corrected chi connectivity index (χ0v) is 14.3. The van der Waals surface area contributed by atoms with Crippen molar-refractivity contribution in [3.63, 3.8) is 0 Å². The van der Waals surface area contributed by atoms with Crippen molar-refractivity contribution < 1.29 is 0 Å². The largest absolute Gasteiger partial charge is 0.297 e. The van der Waals surface area contributed by atoms with Crippen LogP contribution in [0, 0.1) is 0 Å². The van der Waals surface area contributed by atoms with Crippen LogP contribution >= 0.6 is 0 Å². The Kier molecular flexibility index (Phi) is 4.79. The maximum absolute atomic E-state index is 4.75. The Labute approximate surface area is 148 Å². The molecule has 0 aliphatic carbocycles. The van der Waals surface area contributed by atoms with Crippen LogP contribution in [0.3, 0.4) is 0 Å². The fourth-order valence-electron chi connectivity index (χ4n) is 3.55. The average Bonchev–Trinajstić information content (AvgIpc) is 2.70. The van der Waals surface area contributed by atoms with Crippen LogP contribution in [0.5, 0.6) is 0 Å². The van der Waals surface area contributed by atoms with Crippen molar-refractivity contribution in [2.75, 3.05) is 13.1 Å². The molecule has 0 N–H and O–H groups in total. The predicted molar refractivity (Wildman–Crippen MR) is 99.0 cm³/mol. The van der Waals surface area contributed by atoms with E-state index in [1.54, 1.807) is 12.4 Å². The van der Waals surface area contributed by atoms with Gasteiger partial charge in [0.2, 0.25) is 0 Å². The van der Waals surface area contributed by atoms with Crippen LogP contribution in [0.15, 0.2) is 67.1 Å². The number of piperidine rings is 1. The van der Waals surface area contributed by atoms with E-state index < -0.39 is 0 Å². The Morgan fingerprint density at radius 1 is 0.960 bits per heavy atom. The van der Waals surface area contributed by atoms with E-state index in [-0.39, 0.29) is 0 Å². The van der Waals surface area contributed by atoms with Crippen LogP contribution in [-0.4, -0.2) is 32.9 Å². The molecule has 4 nitrogen and oxygen atoms in total. The highest BCUT2D eigenvalue weighted by atomic mass is 15.1. The number of hydrogen-bond acceptors (Lipinski definition) is 4. The highest BCUT2D eigenvalue weighted by Gasteiger charge is 2.21.